The van der Waals surface area contributed by atoms with E-state index in [0.29, 0.717) is 67.9 Å². The quantitative estimate of drug-likeness (QED) is 0.0403. The van der Waals surface area contributed by atoms with Gasteiger partial charge in [-0.2, -0.15) is 8.42 Å². The van der Waals surface area contributed by atoms with Gasteiger partial charge in [0.15, 0.2) is 0 Å². The van der Waals surface area contributed by atoms with Crippen LogP contribution in [0.25, 0.3) is 0 Å². The van der Waals surface area contributed by atoms with Gasteiger partial charge in [-0.15, -0.1) is 0 Å². The molecular weight excluding hydrogens is 902 g/mol. The normalized spacial score (nSPS) is 11.9. The van der Waals surface area contributed by atoms with Crippen LogP contribution in [0.4, 0.5) is 34.1 Å². The summed E-state index contributed by atoms with van der Waals surface area (Å²) in [6.45, 7) is 12.4. The van der Waals surface area contributed by atoms with Crippen LogP contribution in [0.15, 0.2) is 76.5 Å². The Labute approximate surface area is 391 Å². The molecule has 0 aliphatic rings. The molecule has 0 aromatic heterocycles. The largest absolute Gasteiger partial charge is 1.00 e. The Morgan fingerprint density at radius 1 is 0.587 bits per heavy atom. The second-order valence-electron chi connectivity index (χ2n) is 15.1. The van der Waals surface area contributed by atoms with E-state index in [0.717, 1.165) is 35.8 Å². The topological polar surface area (TPSA) is 257 Å². The van der Waals surface area contributed by atoms with Gasteiger partial charge in [0, 0.05) is 30.6 Å². The monoisotopic (exact) mass is 948 g/mol. The molecule has 21 heteroatoms. The third-order valence-corrected chi connectivity index (χ3v) is 13.0. The van der Waals surface area contributed by atoms with Gasteiger partial charge in [-0.3, -0.25) is 18.8 Å². The molecule has 0 atom stereocenters. The van der Waals surface area contributed by atoms with Crippen LogP contribution in [0.3, 0.4) is 0 Å². The smallest absolute Gasteiger partial charge is 0.744 e. The minimum absolute atomic E-state index is 0. The molecule has 0 aliphatic carbocycles. The molecule has 0 heterocycles. The maximum absolute atomic E-state index is 13.6. The van der Waals surface area contributed by atoms with Crippen molar-refractivity contribution in [2.45, 2.75) is 58.3 Å². The van der Waals surface area contributed by atoms with E-state index in [2.05, 4.69) is 25.4 Å². The average molecular weight is 949 g/mol. The van der Waals surface area contributed by atoms with Gasteiger partial charge in [0.05, 0.1) is 68.3 Å². The molecule has 0 unspecified atom stereocenters. The summed E-state index contributed by atoms with van der Waals surface area (Å²) in [6.07, 6.45) is 2.09. The first-order valence-corrected chi connectivity index (χ1v) is 25.3. The zero-order valence-electron chi connectivity index (χ0n) is 36.5. The number of aryl methyl sites for hydroxylation is 5. The number of sulfonamides is 2. The number of nitrogens with one attached hydrogen (secondary N) is 5. The summed E-state index contributed by atoms with van der Waals surface area (Å²) in [7, 11) is -16.2. The van der Waals surface area contributed by atoms with E-state index in [1.54, 1.807) is 71.0 Å². The van der Waals surface area contributed by atoms with Crippen LogP contribution in [-0.2, 0) is 40.3 Å². The molecule has 5 aromatic carbocycles. The minimum Gasteiger partial charge on any atom is -0.744 e. The van der Waals surface area contributed by atoms with Crippen molar-refractivity contribution in [3.8, 4) is 0 Å². The van der Waals surface area contributed by atoms with E-state index in [-0.39, 0.29) is 57.9 Å². The molecule has 0 radical (unpaired) electrons. The SMILES string of the molecule is CNC(=O)c1cc([C+](c2ccc(Nc3c(C)cc(C)c(NS(C)(=O)=O)c3C)c(C)c2)c2ccc(S(=O)(=O)[O-])cc2S(=O)(=O)O)ccc1Nc1c(C)cc(C)c(NS(C)(=O)=O)c1C.[Na+]. The molecule has 0 saturated carbocycles. The van der Waals surface area contributed by atoms with Crippen LogP contribution in [0.2, 0.25) is 0 Å². The number of rotatable bonds is 14. The van der Waals surface area contributed by atoms with Gasteiger partial charge < -0.3 is 20.5 Å². The fourth-order valence-electron chi connectivity index (χ4n) is 7.36. The summed E-state index contributed by atoms with van der Waals surface area (Å²) in [5.74, 6) is -0.457. The molecule has 5 rings (SSSR count). The van der Waals surface area contributed by atoms with Gasteiger partial charge in [-0.1, -0.05) is 12.1 Å². The van der Waals surface area contributed by atoms with E-state index in [4.69, 9.17) is 0 Å². The van der Waals surface area contributed by atoms with Gasteiger partial charge in [0.2, 0.25) is 20.0 Å². The van der Waals surface area contributed by atoms with Crippen molar-refractivity contribution in [2.75, 3.05) is 39.6 Å². The zero-order chi connectivity index (χ0) is 46.4. The number of hydrogen-bond donors (Lipinski definition) is 6. The molecule has 0 saturated heterocycles. The molecule has 0 fully saturated rings. The van der Waals surface area contributed by atoms with Gasteiger partial charge in [0.25, 0.3) is 5.91 Å². The summed E-state index contributed by atoms with van der Waals surface area (Å²) in [4.78, 5) is 11.9. The first-order valence-electron chi connectivity index (χ1n) is 18.6. The predicted molar refractivity (Wildman–Crippen MR) is 241 cm³/mol. The Bertz CT molecular complexity index is 3120. The molecule has 0 aliphatic heterocycles. The van der Waals surface area contributed by atoms with Crippen molar-refractivity contribution < 1.29 is 77.1 Å². The minimum atomic E-state index is -5.20. The number of benzene rings is 5. The standard InChI is InChI=1S/C42H47N5O11S4.Na/c1-22-19-29(11-15-34(22)44-38-23(2)17-25(4)40(27(38)6)46-59(9,49)50)37(32-14-13-31(61(53,54)55)21-36(32)62(56,57)58)30-12-16-35(33(20-30)42(48)43-8)45-39-24(3)18-26(5)41(28(39)7)47-60(10,51)52;/h11-21,44,46-47H,1-10H3,(H3-,43,45,48,53,54,55,56,57,58);/q;+1. The Kier molecular flexibility index (Phi) is 15.2. The van der Waals surface area contributed by atoms with Crippen molar-refractivity contribution in [3.63, 3.8) is 0 Å². The van der Waals surface area contributed by atoms with Gasteiger partial charge in [0.1, 0.15) is 15.0 Å². The van der Waals surface area contributed by atoms with E-state index in [1.165, 1.54) is 13.1 Å². The molecule has 5 aromatic rings. The Morgan fingerprint density at radius 3 is 1.46 bits per heavy atom. The third kappa shape index (κ3) is 11.7. The average Bonchev–Trinajstić information content (AvgIpc) is 3.14. The van der Waals surface area contributed by atoms with Crippen molar-refractivity contribution in [1.82, 2.24) is 5.32 Å². The first kappa shape index (κ1) is 51.0. The van der Waals surface area contributed by atoms with Gasteiger partial charge in [-0.05, 0) is 130 Å². The first-order chi connectivity index (χ1) is 28.5. The molecule has 63 heavy (non-hydrogen) atoms. The van der Waals surface area contributed by atoms with Gasteiger partial charge in [-0.25, -0.2) is 25.3 Å². The van der Waals surface area contributed by atoms with Crippen LogP contribution in [0, 0.1) is 54.4 Å². The Morgan fingerprint density at radius 2 is 1.03 bits per heavy atom. The number of amides is 1. The summed E-state index contributed by atoms with van der Waals surface area (Å²) < 4.78 is 127. The van der Waals surface area contributed by atoms with Crippen molar-refractivity contribution in [1.29, 1.82) is 0 Å². The molecule has 16 nitrogen and oxygen atoms in total. The number of hydrogen-bond acceptors (Lipinski definition) is 12. The molecule has 1 amide bonds. The predicted octanol–water partition coefficient (Wildman–Crippen LogP) is 3.61. The Hall–Kier alpha value is -4.64. The van der Waals surface area contributed by atoms with E-state index >= 15 is 0 Å². The number of anilines is 6. The summed E-state index contributed by atoms with van der Waals surface area (Å²) in [5.41, 5.74) is 7.88. The zero-order valence-corrected chi connectivity index (χ0v) is 41.8. The Balaban J connectivity index is 0.00000871. The second kappa shape index (κ2) is 18.8. The molecule has 330 valence electrons. The summed E-state index contributed by atoms with van der Waals surface area (Å²) in [5, 5.41) is 9.24. The summed E-state index contributed by atoms with van der Waals surface area (Å²) >= 11 is 0. The van der Waals surface area contributed by atoms with Crippen LogP contribution in [-0.4, -0.2) is 68.2 Å². The van der Waals surface area contributed by atoms with Crippen LogP contribution in [0.1, 0.15) is 66.0 Å². The molecule has 0 bridgehead atoms. The second-order valence-corrected chi connectivity index (χ2v) is 21.4. The van der Waals surface area contributed by atoms with Crippen LogP contribution >= 0.6 is 0 Å². The summed E-state index contributed by atoms with van der Waals surface area (Å²) in [6, 6.07) is 15.8. The van der Waals surface area contributed by atoms with Crippen LogP contribution in [0.5, 0.6) is 0 Å². The van der Waals surface area contributed by atoms with Crippen molar-refractivity contribution in [2.24, 2.45) is 0 Å². The van der Waals surface area contributed by atoms with E-state index in [9.17, 15) is 47.6 Å². The number of carbonyl (C=O) groups is 1. The maximum Gasteiger partial charge on any atom is 1.00 e. The van der Waals surface area contributed by atoms with E-state index in [1.807, 2.05) is 19.9 Å². The van der Waals surface area contributed by atoms with Crippen molar-refractivity contribution >= 4 is 80.3 Å². The van der Waals surface area contributed by atoms with Crippen LogP contribution < -0.4 is 55.0 Å². The fraction of sp³-hybridized carbons (Fsp3) is 0.238. The van der Waals surface area contributed by atoms with Crippen molar-refractivity contribution in [3.05, 3.63) is 134 Å². The molecular formula is C42H47N5NaO11S4+. The third-order valence-electron chi connectivity index (χ3n) is 10.1. The van der Waals surface area contributed by atoms with E-state index < -0.39 is 56.0 Å². The molecule has 6 N–H and O–H groups in total. The fourth-order valence-corrected chi connectivity index (χ4v) is 10.0. The maximum atomic E-state index is 13.6. The molecule has 0 spiro atoms. The number of carbonyl (C=O) groups excluding carboxylic acids is 1. The van der Waals surface area contributed by atoms with Gasteiger partial charge >= 0.3 is 39.7 Å².